The van der Waals surface area contributed by atoms with Gasteiger partial charge in [0.25, 0.3) is 10.0 Å². The monoisotopic (exact) mass is 377 g/mol. The van der Waals surface area contributed by atoms with E-state index in [-0.39, 0.29) is 5.69 Å². The molecule has 9 heteroatoms. The number of hydrogen-bond donors (Lipinski definition) is 1. The van der Waals surface area contributed by atoms with Gasteiger partial charge in [0.1, 0.15) is 16.1 Å². The fourth-order valence-electron chi connectivity index (χ4n) is 2.65. The van der Waals surface area contributed by atoms with Crippen LogP contribution in [0.3, 0.4) is 0 Å². The Hall–Kier alpha value is -2.02. The zero-order valence-electron chi connectivity index (χ0n) is 13.7. The lowest BCUT2D eigenvalue weighted by atomic mass is 10.2. The minimum Gasteiger partial charge on any atom is -0.368 e. The Balaban J connectivity index is 1.57. The van der Waals surface area contributed by atoms with Crippen molar-refractivity contribution in [2.75, 3.05) is 25.0 Å². The smallest absolute Gasteiger partial charge is 0.252 e. The van der Waals surface area contributed by atoms with E-state index in [0.29, 0.717) is 36.1 Å². The van der Waals surface area contributed by atoms with Gasteiger partial charge in [-0.3, -0.25) is 0 Å². The Bertz CT molecular complexity index is 849. The fourth-order valence-corrected chi connectivity index (χ4v) is 5.68. The highest BCUT2D eigenvalue weighted by Gasteiger charge is 2.27. The predicted octanol–water partition coefficient (Wildman–Crippen LogP) is 2.24. The summed E-state index contributed by atoms with van der Waals surface area (Å²) in [4.78, 5) is 9.04. The van der Waals surface area contributed by atoms with Gasteiger partial charge in [-0.2, -0.15) is 9.57 Å². The normalized spacial score (nSPS) is 15.6. The molecule has 7 nitrogen and oxygen atoms in total. The van der Waals surface area contributed by atoms with Gasteiger partial charge in [0.15, 0.2) is 5.69 Å². The molecule has 2 aromatic rings. The van der Waals surface area contributed by atoms with Crippen molar-refractivity contribution in [2.45, 2.75) is 29.9 Å². The maximum absolute atomic E-state index is 12.6. The predicted molar refractivity (Wildman–Crippen MR) is 95.9 cm³/mol. The van der Waals surface area contributed by atoms with Gasteiger partial charge in [0, 0.05) is 24.5 Å². The summed E-state index contributed by atoms with van der Waals surface area (Å²) in [5.41, 5.74) is 0.274. The molecule has 1 fully saturated rings. The van der Waals surface area contributed by atoms with E-state index in [9.17, 15) is 8.42 Å². The number of rotatable bonds is 6. The van der Waals surface area contributed by atoms with E-state index in [1.807, 2.05) is 12.1 Å². The Labute approximate surface area is 151 Å². The van der Waals surface area contributed by atoms with Gasteiger partial charge in [-0.05, 0) is 31.4 Å². The molecular weight excluding hydrogens is 358 g/mol. The first-order valence-electron chi connectivity index (χ1n) is 8.14. The second-order valence-electron chi connectivity index (χ2n) is 5.76. The fraction of sp³-hybridized carbons (Fsp3) is 0.438. The molecule has 25 heavy (non-hydrogen) atoms. The summed E-state index contributed by atoms with van der Waals surface area (Å²) in [5, 5.41) is 11.8. The molecule has 1 N–H and O–H groups in total. The van der Waals surface area contributed by atoms with Crippen molar-refractivity contribution < 1.29 is 8.42 Å². The Morgan fingerprint density at radius 1 is 1.20 bits per heavy atom. The molecule has 1 saturated heterocycles. The first-order chi connectivity index (χ1) is 12.1. The van der Waals surface area contributed by atoms with Crippen molar-refractivity contribution in [3.8, 4) is 6.07 Å². The maximum Gasteiger partial charge on any atom is 0.252 e. The highest BCUT2D eigenvalue weighted by Crippen LogP contribution is 2.27. The highest BCUT2D eigenvalue weighted by atomic mass is 32.2. The second-order valence-corrected chi connectivity index (χ2v) is 9.09. The van der Waals surface area contributed by atoms with E-state index in [4.69, 9.17) is 5.26 Å². The van der Waals surface area contributed by atoms with E-state index in [1.54, 1.807) is 10.4 Å². The molecule has 0 spiro atoms. The lowest BCUT2D eigenvalue weighted by molar-refractivity contribution is 0.347. The number of hydrogen-bond acceptors (Lipinski definition) is 7. The summed E-state index contributed by atoms with van der Waals surface area (Å²) >= 11 is 1.33. The number of nitrogens with zero attached hydrogens (tertiary/aromatic N) is 4. The van der Waals surface area contributed by atoms with Crippen LogP contribution in [0.1, 0.15) is 29.8 Å². The zero-order chi connectivity index (χ0) is 17.7. The van der Waals surface area contributed by atoms with E-state index >= 15 is 0 Å². The summed E-state index contributed by atoms with van der Waals surface area (Å²) in [5.74, 6) is 0.594. The molecule has 0 radical (unpaired) electrons. The van der Waals surface area contributed by atoms with Gasteiger partial charge >= 0.3 is 0 Å². The molecule has 0 aromatic carbocycles. The molecule has 0 unspecified atom stereocenters. The SMILES string of the molecule is N#Cc1cnc(NCCc2ccc(S(=O)(=O)N3CCCCC3)s2)cn1. The van der Waals surface area contributed by atoms with Gasteiger partial charge in [0.05, 0.1) is 12.4 Å². The standard InChI is InChI=1S/C16H19N5O2S2/c17-10-13-11-20-15(12-19-13)18-7-6-14-4-5-16(24-14)25(22,23)21-8-2-1-3-9-21/h4-5,11-12H,1-3,6-9H2,(H,18,20). The molecule has 0 aliphatic carbocycles. The molecule has 1 aliphatic heterocycles. The van der Waals surface area contributed by atoms with Crippen LogP contribution in [0.2, 0.25) is 0 Å². The zero-order valence-corrected chi connectivity index (χ0v) is 15.3. The van der Waals surface area contributed by atoms with Crippen LogP contribution in [-0.4, -0.2) is 42.3 Å². The first-order valence-corrected chi connectivity index (χ1v) is 10.4. The topological polar surface area (TPSA) is 99.0 Å². The molecular formula is C16H19N5O2S2. The molecule has 3 rings (SSSR count). The van der Waals surface area contributed by atoms with E-state index < -0.39 is 10.0 Å². The number of nitriles is 1. The van der Waals surface area contributed by atoms with Crippen LogP contribution in [0.15, 0.2) is 28.7 Å². The number of piperidine rings is 1. The lowest BCUT2D eigenvalue weighted by Crippen LogP contribution is -2.35. The van der Waals surface area contributed by atoms with Crippen LogP contribution in [-0.2, 0) is 16.4 Å². The molecule has 0 bridgehead atoms. The molecule has 1 aliphatic rings. The summed E-state index contributed by atoms with van der Waals surface area (Å²) in [6.07, 6.45) is 6.60. The molecule has 0 saturated carbocycles. The van der Waals surface area contributed by atoms with E-state index in [0.717, 1.165) is 24.1 Å². The average Bonchev–Trinajstić information content (AvgIpc) is 3.13. The van der Waals surface area contributed by atoms with Gasteiger partial charge in [-0.25, -0.2) is 18.4 Å². The van der Waals surface area contributed by atoms with Crippen LogP contribution < -0.4 is 5.32 Å². The van der Waals surface area contributed by atoms with Crippen molar-refractivity contribution in [2.24, 2.45) is 0 Å². The Kier molecular flexibility index (Phi) is 5.63. The number of aromatic nitrogens is 2. The number of anilines is 1. The third-order valence-electron chi connectivity index (χ3n) is 3.99. The van der Waals surface area contributed by atoms with Gasteiger partial charge < -0.3 is 5.32 Å². The average molecular weight is 377 g/mol. The van der Waals surface area contributed by atoms with Gasteiger partial charge in [-0.1, -0.05) is 6.42 Å². The number of nitrogens with one attached hydrogen (secondary N) is 1. The molecule has 2 aromatic heterocycles. The van der Waals surface area contributed by atoms with Crippen molar-refractivity contribution in [3.05, 3.63) is 35.1 Å². The first kappa shape index (κ1) is 17.8. The summed E-state index contributed by atoms with van der Waals surface area (Å²) in [7, 11) is -3.35. The molecule has 132 valence electrons. The van der Waals surface area contributed by atoms with Crippen molar-refractivity contribution in [1.82, 2.24) is 14.3 Å². The molecule has 3 heterocycles. The van der Waals surface area contributed by atoms with Gasteiger partial charge in [-0.15, -0.1) is 11.3 Å². The van der Waals surface area contributed by atoms with Crippen molar-refractivity contribution in [1.29, 1.82) is 5.26 Å². The highest BCUT2D eigenvalue weighted by molar-refractivity contribution is 7.91. The van der Waals surface area contributed by atoms with Crippen LogP contribution in [0.25, 0.3) is 0 Å². The quantitative estimate of drug-likeness (QED) is 0.829. The van der Waals surface area contributed by atoms with Crippen LogP contribution in [0, 0.1) is 11.3 Å². The summed E-state index contributed by atoms with van der Waals surface area (Å²) in [6.45, 7) is 1.85. The summed E-state index contributed by atoms with van der Waals surface area (Å²) in [6, 6.07) is 5.49. The Morgan fingerprint density at radius 2 is 2.00 bits per heavy atom. The third kappa shape index (κ3) is 4.34. The lowest BCUT2D eigenvalue weighted by Gasteiger charge is -2.25. The number of sulfonamides is 1. The van der Waals surface area contributed by atoms with Crippen LogP contribution in [0.5, 0.6) is 0 Å². The molecule has 0 atom stereocenters. The van der Waals surface area contributed by atoms with Crippen LogP contribution >= 0.6 is 11.3 Å². The Morgan fingerprint density at radius 3 is 2.68 bits per heavy atom. The maximum atomic E-state index is 12.6. The van der Waals surface area contributed by atoms with Crippen LogP contribution in [0.4, 0.5) is 5.82 Å². The summed E-state index contributed by atoms with van der Waals surface area (Å²) < 4.78 is 27.3. The van der Waals surface area contributed by atoms with Crippen molar-refractivity contribution in [3.63, 3.8) is 0 Å². The van der Waals surface area contributed by atoms with E-state index in [1.165, 1.54) is 23.7 Å². The van der Waals surface area contributed by atoms with E-state index in [2.05, 4.69) is 15.3 Å². The van der Waals surface area contributed by atoms with Gasteiger partial charge in [0.2, 0.25) is 0 Å². The minimum atomic E-state index is -3.35. The molecule has 0 amide bonds. The van der Waals surface area contributed by atoms with Crippen molar-refractivity contribution >= 4 is 27.2 Å². The third-order valence-corrected chi connectivity index (χ3v) is 7.50. The second kappa shape index (κ2) is 7.91. The number of thiophene rings is 1. The minimum absolute atomic E-state index is 0.274. The largest absolute Gasteiger partial charge is 0.368 e.